The molecule has 2 atom stereocenters. The fraction of sp³-hybridized carbons (Fsp3) is 0.429. The molecular weight excluding hydrogens is 354 g/mol. The van der Waals surface area contributed by atoms with Crippen LogP contribution in [0, 0.1) is 0 Å². The number of nitrogens with zero attached hydrogens (tertiary/aromatic N) is 3. The lowest BCUT2D eigenvalue weighted by molar-refractivity contribution is -0.133. The Bertz CT molecular complexity index is 800. The molecule has 7 nitrogen and oxygen atoms in total. The van der Waals surface area contributed by atoms with Gasteiger partial charge in [-0.05, 0) is 31.0 Å². The minimum atomic E-state index is -0.271. The highest BCUT2D eigenvalue weighted by atomic mass is 16.3. The predicted molar refractivity (Wildman–Crippen MR) is 106 cm³/mol. The van der Waals surface area contributed by atoms with Crippen LogP contribution >= 0.6 is 0 Å². The number of aromatic nitrogens is 1. The van der Waals surface area contributed by atoms with Gasteiger partial charge in [-0.15, -0.1) is 0 Å². The van der Waals surface area contributed by atoms with Crippen LogP contribution in [0.15, 0.2) is 48.7 Å². The Balaban J connectivity index is 1.32. The van der Waals surface area contributed by atoms with Gasteiger partial charge in [0, 0.05) is 44.5 Å². The number of para-hydroxylation sites is 1. The fourth-order valence-electron chi connectivity index (χ4n) is 3.99. The minimum absolute atomic E-state index is 0.0669. The Kier molecular flexibility index (Phi) is 5.85. The number of hydrazine groups is 1. The third-order valence-electron chi connectivity index (χ3n) is 5.53. The molecule has 2 aliphatic heterocycles. The summed E-state index contributed by atoms with van der Waals surface area (Å²) in [6.07, 6.45) is 3.41. The van der Waals surface area contributed by atoms with Crippen molar-refractivity contribution in [3.63, 3.8) is 0 Å². The summed E-state index contributed by atoms with van der Waals surface area (Å²) in [5.41, 5.74) is 8.18. The highest BCUT2D eigenvalue weighted by Gasteiger charge is 2.34. The number of carbonyl (C=O) groups is 1. The maximum Gasteiger partial charge on any atom is 0.241 e. The van der Waals surface area contributed by atoms with Gasteiger partial charge in [0.25, 0.3) is 0 Å². The van der Waals surface area contributed by atoms with Crippen LogP contribution < -0.4 is 10.9 Å². The number of aromatic hydroxyl groups is 1. The molecule has 148 valence electrons. The van der Waals surface area contributed by atoms with Crippen molar-refractivity contribution < 1.29 is 9.90 Å². The molecule has 0 radical (unpaired) electrons. The number of hydrogen-bond donors (Lipinski definition) is 3. The van der Waals surface area contributed by atoms with Gasteiger partial charge in [0.05, 0.1) is 11.7 Å². The first-order chi connectivity index (χ1) is 13.7. The zero-order valence-corrected chi connectivity index (χ0v) is 15.9. The molecule has 4 rings (SSSR count). The van der Waals surface area contributed by atoms with Crippen LogP contribution in [0.2, 0.25) is 0 Å². The van der Waals surface area contributed by atoms with Gasteiger partial charge in [0.1, 0.15) is 11.8 Å². The van der Waals surface area contributed by atoms with Crippen LogP contribution in [0.1, 0.15) is 30.1 Å². The van der Waals surface area contributed by atoms with E-state index < -0.39 is 0 Å². The van der Waals surface area contributed by atoms with Crippen molar-refractivity contribution in [2.75, 3.05) is 26.2 Å². The lowest BCUT2D eigenvalue weighted by Crippen LogP contribution is -2.46. The number of benzene rings is 1. The first kappa shape index (κ1) is 18.9. The van der Waals surface area contributed by atoms with E-state index in [1.165, 1.54) is 0 Å². The maximum absolute atomic E-state index is 13.0. The summed E-state index contributed by atoms with van der Waals surface area (Å²) in [6, 6.07) is 12.9. The van der Waals surface area contributed by atoms with Gasteiger partial charge >= 0.3 is 0 Å². The number of phenolic OH excluding ortho intramolecular Hbond substituents is 1. The van der Waals surface area contributed by atoms with Crippen LogP contribution in [-0.4, -0.2) is 58.0 Å². The SMILES string of the molecule is O=C(C1CC(c2ccccc2O)NN1)N1CCCN(Cc2ccccn2)CC1. The van der Waals surface area contributed by atoms with E-state index in [-0.39, 0.29) is 23.7 Å². The Morgan fingerprint density at radius 2 is 1.93 bits per heavy atom. The molecule has 0 saturated carbocycles. The third kappa shape index (κ3) is 4.32. The van der Waals surface area contributed by atoms with E-state index in [2.05, 4.69) is 20.7 Å². The molecule has 0 aliphatic carbocycles. The summed E-state index contributed by atoms with van der Waals surface area (Å²) < 4.78 is 0. The minimum Gasteiger partial charge on any atom is -0.508 e. The maximum atomic E-state index is 13.0. The molecule has 7 heteroatoms. The van der Waals surface area contributed by atoms with Crippen molar-refractivity contribution in [1.82, 2.24) is 25.6 Å². The Morgan fingerprint density at radius 1 is 1.07 bits per heavy atom. The normalized spacial score (nSPS) is 23.5. The summed E-state index contributed by atoms with van der Waals surface area (Å²) in [5.74, 6) is 0.389. The number of rotatable bonds is 4. The standard InChI is InChI=1S/C21H27N5O2/c27-20-8-2-1-7-17(20)18-14-19(24-23-18)21(28)26-11-5-10-25(12-13-26)15-16-6-3-4-9-22-16/h1-4,6-9,18-19,23-24,27H,5,10-15H2. The van der Waals surface area contributed by atoms with Crippen molar-refractivity contribution in [3.8, 4) is 5.75 Å². The zero-order valence-electron chi connectivity index (χ0n) is 15.9. The Labute approximate surface area is 165 Å². The molecule has 1 amide bonds. The van der Waals surface area contributed by atoms with Crippen molar-refractivity contribution in [1.29, 1.82) is 0 Å². The average molecular weight is 381 g/mol. The first-order valence-electron chi connectivity index (χ1n) is 9.91. The van der Waals surface area contributed by atoms with E-state index in [9.17, 15) is 9.90 Å². The van der Waals surface area contributed by atoms with E-state index in [0.29, 0.717) is 6.42 Å². The summed E-state index contributed by atoms with van der Waals surface area (Å²) in [5, 5.41) is 10.1. The Morgan fingerprint density at radius 3 is 2.75 bits per heavy atom. The highest BCUT2D eigenvalue weighted by molar-refractivity contribution is 5.82. The van der Waals surface area contributed by atoms with E-state index >= 15 is 0 Å². The summed E-state index contributed by atoms with van der Waals surface area (Å²) in [6.45, 7) is 4.14. The third-order valence-corrected chi connectivity index (χ3v) is 5.53. The summed E-state index contributed by atoms with van der Waals surface area (Å²) >= 11 is 0. The molecule has 0 bridgehead atoms. The van der Waals surface area contributed by atoms with E-state index in [1.807, 2.05) is 41.4 Å². The molecule has 1 aromatic heterocycles. The molecule has 28 heavy (non-hydrogen) atoms. The zero-order chi connectivity index (χ0) is 19.3. The topological polar surface area (TPSA) is 80.7 Å². The van der Waals surface area contributed by atoms with Gasteiger partial charge in [0.2, 0.25) is 5.91 Å². The van der Waals surface area contributed by atoms with Crippen molar-refractivity contribution in [3.05, 3.63) is 59.9 Å². The molecule has 2 fully saturated rings. The second kappa shape index (κ2) is 8.68. The van der Waals surface area contributed by atoms with Crippen molar-refractivity contribution in [2.45, 2.75) is 31.5 Å². The van der Waals surface area contributed by atoms with Gasteiger partial charge in [-0.2, -0.15) is 0 Å². The number of carbonyl (C=O) groups excluding carboxylic acids is 1. The molecular formula is C21H27N5O2. The van der Waals surface area contributed by atoms with Crippen LogP contribution in [-0.2, 0) is 11.3 Å². The molecule has 2 aromatic rings. The van der Waals surface area contributed by atoms with E-state index in [0.717, 1.165) is 50.4 Å². The predicted octanol–water partition coefficient (Wildman–Crippen LogP) is 1.43. The second-order valence-electron chi connectivity index (χ2n) is 7.46. The molecule has 0 spiro atoms. The van der Waals surface area contributed by atoms with Crippen LogP contribution in [0.4, 0.5) is 0 Å². The second-order valence-corrected chi connectivity index (χ2v) is 7.46. The quantitative estimate of drug-likeness (QED) is 0.744. The number of nitrogens with one attached hydrogen (secondary N) is 2. The largest absolute Gasteiger partial charge is 0.508 e. The van der Waals surface area contributed by atoms with Crippen LogP contribution in [0.3, 0.4) is 0 Å². The monoisotopic (exact) mass is 381 g/mol. The summed E-state index contributed by atoms with van der Waals surface area (Å²) in [7, 11) is 0. The molecule has 3 N–H and O–H groups in total. The van der Waals surface area contributed by atoms with E-state index in [1.54, 1.807) is 12.1 Å². The van der Waals surface area contributed by atoms with Gasteiger partial charge in [0.15, 0.2) is 0 Å². The van der Waals surface area contributed by atoms with E-state index in [4.69, 9.17) is 0 Å². The van der Waals surface area contributed by atoms with Gasteiger partial charge in [-0.1, -0.05) is 24.3 Å². The lowest BCUT2D eigenvalue weighted by Gasteiger charge is -2.24. The van der Waals surface area contributed by atoms with Crippen LogP contribution in [0.25, 0.3) is 0 Å². The first-order valence-corrected chi connectivity index (χ1v) is 9.91. The van der Waals surface area contributed by atoms with Gasteiger partial charge in [-0.25, -0.2) is 10.9 Å². The van der Waals surface area contributed by atoms with Crippen LogP contribution in [0.5, 0.6) is 5.75 Å². The van der Waals surface area contributed by atoms with Crippen molar-refractivity contribution in [2.24, 2.45) is 0 Å². The Hall–Kier alpha value is -2.48. The van der Waals surface area contributed by atoms with Gasteiger partial charge < -0.3 is 10.0 Å². The average Bonchev–Trinajstić information content (AvgIpc) is 3.09. The van der Waals surface area contributed by atoms with Crippen molar-refractivity contribution >= 4 is 5.91 Å². The molecule has 2 unspecified atom stereocenters. The number of pyridine rings is 1. The smallest absolute Gasteiger partial charge is 0.241 e. The molecule has 2 saturated heterocycles. The number of hydrogen-bond acceptors (Lipinski definition) is 6. The molecule has 1 aromatic carbocycles. The van der Waals surface area contributed by atoms with Gasteiger partial charge in [-0.3, -0.25) is 14.7 Å². The summed E-state index contributed by atoms with van der Waals surface area (Å²) in [4.78, 5) is 21.7. The number of amides is 1. The lowest BCUT2D eigenvalue weighted by atomic mass is 10.0. The number of phenols is 1. The molecule has 3 heterocycles. The fourth-order valence-corrected chi connectivity index (χ4v) is 3.99. The molecule has 2 aliphatic rings. The highest BCUT2D eigenvalue weighted by Crippen LogP contribution is 2.29.